The highest BCUT2D eigenvalue weighted by molar-refractivity contribution is 6.31. The summed E-state index contributed by atoms with van der Waals surface area (Å²) >= 11 is 6.15. The Morgan fingerprint density at radius 1 is 1.30 bits per heavy atom. The summed E-state index contributed by atoms with van der Waals surface area (Å²) in [7, 11) is 0. The predicted molar refractivity (Wildman–Crippen MR) is 87.6 cm³/mol. The summed E-state index contributed by atoms with van der Waals surface area (Å²) in [4.78, 5) is 14.6. The predicted octanol–water partition coefficient (Wildman–Crippen LogP) is 3.33. The second kappa shape index (κ2) is 5.34. The van der Waals surface area contributed by atoms with E-state index in [1.165, 1.54) is 12.8 Å². The summed E-state index contributed by atoms with van der Waals surface area (Å²) in [5.74, 6) is 2.55. The van der Waals surface area contributed by atoms with E-state index in [9.17, 15) is 4.79 Å². The highest BCUT2D eigenvalue weighted by Gasteiger charge is 2.35. The van der Waals surface area contributed by atoms with Crippen molar-refractivity contribution in [2.45, 2.75) is 45.2 Å². The van der Waals surface area contributed by atoms with E-state index in [-0.39, 0.29) is 11.9 Å². The van der Waals surface area contributed by atoms with Crippen LogP contribution in [0.25, 0.3) is 0 Å². The second-order valence-corrected chi connectivity index (χ2v) is 7.02. The molecule has 1 aliphatic carbocycles. The van der Waals surface area contributed by atoms with Crippen LogP contribution < -0.4 is 0 Å². The van der Waals surface area contributed by atoms with Gasteiger partial charge in [-0.1, -0.05) is 17.7 Å². The molecule has 1 aromatic carbocycles. The van der Waals surface area contributed by atoms with Crippen LogP contribution in [0.2, 0.25) is 5.02 Å². The quantitative estimate of drug-likeness (QED) is 0.848. The number of hydrogen-bond donors (Lipinski definition) is 0. The van der Waals surface area contributed by atoms with Gasteiger partial charge in [0.05, 0.1) is 12.6 Å². The number of halogens is 1. The van der Waals surface area contributed by atoms with E-state index >= 15 is 0 Å². The van der Waals surface area contributed by atoms with Gasteiger partial charge >= 0.3 is 0 Å². The average molecular weight is 331 g/mol. The number of hydrogen-bond acceptors (Lipinski definition) is 3. The van der Waals surface area contributed by atoms with Gasteiger partial charge in [0.15, 0.2) is 5.82 Å². The zero-order chi connectivity index (χ0) is 16.1. The maximum absolute atomic E-state index is 12.8. The van der Waals surface area contributed by atoms with Gasteiger partial charge < -0.3 is 9.47 Å². The van der Waals surface area contributed by atoms with Gasteiger partial charge in [0.1, 0.15) is 5.82 Å². The molecule has 0 N–H and O–H groups in total. The molecule has 1 aliphatic heterocycles. The van der Waals surface area contributed by atoms with Gasteiger partial charge in [-0.15, -0.1) is 10.2 Å². The third kappa shape index (κ3) is 2.53. The summed E-state index contributed by atoms with van der Waals surface area (Å²) in [5, 5.41) is 9.30. The topological polar surface area (TPSA) is 51.0 Å². The van der Waals surface area contributed by atoms with Gasteiger partial charge in [-0.3, -0.25) is 4.79 Å². The van der Waals surface area contributed by atoms with Crippen LogP contribution in [0.1, 0.15) is 59.3 Å². The Morgan fingerprint density at radius 2 is 2.09 bits per heavy atom. The molecule has 6 heteroatoms. The molecule has 0 spiro atoms. The molecule has 120 valence electrons. The normalized spacial score (nSPS) is 20.5. The molecule has 23 heavy (non-hydrogen) atoms. The third-order valence-corrected chi connectivity index (χ3v) is 5.11. The molecule has 2 aliphatic rings. The monoisotopic (exact) mass is 330 g/mol. The second-order valence-electron chi connectivity index (χ2n) is 6.62. The number of aromatic nitrogens is 3. The fourth-order valence-electron chi connectivity index (χ4n) is 3.24. The zero-order valence-electron chi connectivity index (χ0n) is 13.3. The molecule has 0 radical (unpaired) electrons. The van der Waals surface area contributed by atoms with Crippen molar-refractivity contribution in [3.8, 4) is 0 Å². The van der Waals surface area contributed by atoms with Crippen molar-refractivity contribution in [2.75, 3.05) is 6.54 Å². The number of benzene rings is 1. The maximum Gasteiger partial charge on any atom is 0.254 e. The number of amides is 1. The number of carbonyl (C=O) groups is 1. The zero-order valence-corrected chi connectivity index (χ0v) is 14.0. The molecule has 1 aromatic heterocycles. The number of aryl methyl sites for hydroxylation is 1. The van der Waals surface area contributed by atoms with Crippen LogP contribution in [0.15, 0.2) is 18.2 Å². The van der Waals surface area contributed by atoms with Crippen LogP contribution in [0, 0.1) is 6.92 Å². The van der Waals surface area contributed by atoms with E-state index < -0.39 is 0 Å². The Balaban J connectivity index is 1.60. The van der Waals surface area contributed by atoms with E-state index in [0.717, 1.165) is 17.2 Å². The maximum atomic E-state index is 12.8. The third-order valence-electron chi connectivity index (χ3n) is 4.70. The van der Waals surface area contributed by atoms with Crippen LogP contribution >= 0.6 is 11.6 Å². The van der Waals surface area contributed by atoms with Gasteiger partial charge in [0, 0.05) is 23.0 Å². The van der Waals surface area contributed by atoms with E-state index in [2.05, 4.69) is 21.7 Å². The molecule has 1 fully saturated rings. The Labute approximate surface area is 140 Å². The first-order chi connectivity index (χ1) is 11.0. The molecule has 0 bridgehead atoms. The van der Waals surface area contributed by atoms with Crippen molar-refractivity contribution >= 4 is 17.5 Å². The Morgan fingerprint density at radius 3 is 2.78 bits per heavy atom. The highest BCUT2D eigenvalue weighted by Crippen LogP contribution is 2.41. The van der Waals surface area contributed by atoms with Crippen molar-refractivity contribution < 1.29 is 4.79 Å². The molecule has 0 unspecified atom stereocenters. The molecule has 0 saturated heterocycles. The molecular weight excluding hydrogens is 312 g/mol. The standard InChI is InChI=1S/C17H19ClN4O/c1-10-3-4-13(7-14(10)18)17(23)21-8-11(2)22-15(9-21)19-20-16(22)12-5-6-12/h3-4,7,11-12H,5-6,8-9H2,1-2H3/t11-/m0/s1. The van der Waals surface area contributed by atoms with Crippen LogP contribution in [0.5, 0.6) is 0 Å². The van der Waals surface area contributed by atoms with Crippen molar-refractivity contribution in [1.82, 2.24) is 19.7 Å². The highest BCUT2D eigenvalue weighted by atomic mass is 35.5. The Bertz CT molecular complexity index is 781. The number of carbonyl (C=O) groups excluding carboxylic acids is 1. The van der Waals surface area contributed by atoms with E-state index in [1.807, 2.05) is 24.0 Å². The largest absolute Gasteiger partial charge is 0.329 e. The summed E-state index contributed by atoms with van der Waals surface area (Å²) in [6, 6.07) is 5.67. The molecule has 2 heterocycles. The fourth-order valence-corrected chi connectivity index (χ4v) is 3.42. The molecule has 1 saturated carbocycles. The van der Waals surface area contributed by atoms with Crippen LogP contribution in [0.4, 0.5) is 0 Å². The van der Waals surface area contributed by atoms with Gasteiger partial charge in [0.25, 0.3) is 5.91 Å². The summed E-state index contributed by atoms with van der Waals surface area (Å²) < 4.78 is 2.23. The lowest BCUT2D eigenvalue weighted by Gasteiger charge is -2.32. The molecule has 4 rings (SSSR count). The minimum absolute atomic E-state index is 0.000900. The van der Waals surface area contributed by atoms with E-state index in [0.29, 0.717) is 29.6 Å². The molecular formula is C17H19ClN4O. The Hall–Kier alpha value is -1.88. The van der Waals surface area contributed by atoms with Crippen molar-refractivity contribution in [2.24, 2.45) is 0 Å². The van der Waals surface area contributed by atoms with Crippen molar-refractivity contribution in [3.63, 3.8) is 0 Å². The summed E-state index contributed by atoms with van der Waals surface area (Å²) in [6.07, 6.45) is 2.41. The van der Waals surface area contributed by atoms with E-state index in [1.54, 1.807) is 6.07 Å². The van der Waals surface area contributed by atoms with Gasteiger partial charge in [-0.05, 0) is 44.4 Å². The molecule has 2 aromatic rings. The first-order valence-corrected chi connectivity index (χ1v) is 8.41. The van der Waals surface area contributed by atoms with Crippen molar-refractivity contribution in [1.29, 1.82) is 0 Å². The van der Waals surface area contributed by atoms with E-state index in [4.69, 9.17) is 11.6 Å². The average Bonchev–Trinajstić information content (AvgIpc) is 3.28. The van der Waals surface area contributed by atoms with Gasteiger partial charge in [-0.25, -0.2) is 0 Å². The first kappa shape index (κ1) is 14.7. The lowest BCUT2D eigenvalue weighted by Crippen LogP contribution is -2.40. The number of nitrogens with zero attached hydrogens (tertiary/aromatic N) is 4. The minimum Gasteiger partial charge on any atom is -0.329 e. The number of rotatable bonds is 2. The molecule has 1 amide bonds. The number of fused-ring (bicyclic) bond motifs is 1. The van der Waals surface area contributed by atoms with Crippen LogP contribution in [-0.2, 0) is 6.54 Å². The lowest BCUT2D eigenvalue weighted by molar-refractivity contribution is 0.0679. The lowest BCUT2D eigenvalue weighted by atomic mass is 10.1. The smallest absolute Gasteiger partial charge is 0.254 e. The summed E-state index contributed by atoms with van der Waals surface area (Å²) in [5.41, 5.74) is 1.60. The van der Waals surface area contributed by atoms with Crippen molar-refractivity contribution in [3.05, 3.63) is 46.0 Å². The SMILES string of the molecule is Cc1ccc(C(=O)N2Cc3nnc(C4CC4)n3[C@@H](C)C2)cc1Cl. The Kier molecular flexibility index (Phi) is 3.41. The van der Waals surface area contributed by atoms with Crippen LogP contribution in [0.3, 0.4) is 0 Å². The van der Waals surface area contributed by atoms with Crippen LogP contribution in [-0.4, -0.2) is 32.1 Å². The molecule has 5 nitrogen and oxygen atoms in total. The molecule has 1 atom stereocenters. The van der Waals surface area contributed by atoms with Gasteiger partial charge in [0.2, 0.25) is 0 Å². The van der Waals surface area contributed by atoms with Gasteiger partial charge in [-0.2, -0.15) is 0 Å². The summed E-state index contributed by atoms with van der Waals surface area (Å²) in [6.45, 7) is 5.24. The fraction of sp³-hybridized carbons (Fsp3) is 0.471. The minimum atomic E-state index is 0.000900. The first-order valence-electron chi connectivity index (χ1n) is 8.03.